The van der Waals surface area contributed by atoms with Crippen LogP contribution >= 0.6 is 38.5 Å². The molecule has 0 amide bonds. The lowest BCUT2D eigenvalue weighted by Gasteiger charge is -2.06. The summed E-state index contributed by atoms with van der Waals surface area (Å²) in [4.78, 5) is 8.46. The topological polar surface area (TPSA) is 64.8 Å². The van der Waals surface area contributed by atoms with E-state index >= 15 is 0 Å². The summed E-state index contributed by atoms with van der Waals surface area (Å²) < 4.78 is 27.7. The molecule has 0 saturated heterocycles. The molecule has 8 heteroatoms. The summed E-state index contributed by atoms with van der Waals surface area (Å²) in [6.07, 6.45) is 3.04. The number of fused-ring (bicyclic) bond motifs is 1. The Morgan fingerprint density at radius 1 is 1.24 bits per heavy atom. The van der Waals surface area contributed by atoms with Crippen molar-refractivity contribution in [1.29, 1.82) is 0 Å². The molecule has 0 saturated carbocycles. The van der Waals surface area contributed by atoms with Crippen LogP contribution < -0.4 is 0 Å². The van der Waals surface area contributed by atoms with Crippen molar-refractivity contribution < 1.29 is 8.42 Å². The Morgan fingerprint density at radius 2 is 1.95 bits per heavy atom. The van der Waals surface area contributed by atoms with E-state index < -0.39 is 10.0 Å². The third-order valence-corrected chi connectivity index (χ3v) is 5.63. The highest BCUT2D eigenvalue weighted by Crippen LogP contribution is 2.24. The highest BCUT2D eigenvalue weighted by molar-refractivity contribution is 14.1. The third-order valence-electron chi connectivity index (χ3n) is 2.88. The smallest absolute Gasteiger partial charge is 0.235 e. The number of hydrogen-bond donors (Lipinski definition) is 0. The van der Waals surface area contributed by atoms with Crippen LogP contribution in [0.1, 0.15) is 5.56 Å². The van der Waals surface area contributed by atoms with Gasteiger partial charge in [0.25, 0.3) is 0 Å². The van der Waals surface area contributed by atoms with E-state index in [0.29, 0.717) is 15.8 Å². The van der Waals surface area contributed by atoms with E-state index in [1.807, 2.05) is 18.2 Å². The molecule has 0 radical (unpaired) electrons. The van der Waals surface area contributed by atoms with E-state index in [4.69, 9.17) is 0 Å². The number of benzene rings is 1. The van der Waals surface area contributed by atoms with E-state index in [1.54, 1.807) is 18.3 Å². The molecule has 0 spiro atoms. The molecule has 0 atom stereocenters. The van der Waals surface area contributed by atoms with Crippen molar-refractivity contribution in [2.45, 2.75) is 5.75 Å². The molecule has 1 aromatic carbocycles. The highest BCUT2D eigenvalue weighted by Gasteiger charge is 2.20. The number of halogens is 2. The fourth-order valence-corrected chi connectivity index (χ4v) is 4.50. The quantitative estimate of drug-likeness (QED) is 0.543. The van der Waals surface area contributed by atoms with Gasteiger partial charge in [-0.2, -0.15) is 0 Å². The maximum absolute atomic E-state index is 12.6. The fourth-order valence-electron chi connectivity index (χ4n) is 1.97. The minimum atomic E-state index is -3.54. The van der Waals surface area contributed by atoms with E-state index in [2.05, 4.69) is 48.5 Å². The number of nitrogens with zero attached hydrogens (tertiary/aromatic N) is 3. The average Bonchev–Trinajstić information content (AvgIpc) is 2.77. The molecule has 0 aliphatic heterocycles. The number of hydrogen-bond acceptors (Lipinski definition) is 4. The van der Waals surface area contributed by atoms with Gasteiger partial charge >= 0.3 is 0 Å². The van der Waals surface area contributed by atoms with Gasteiger partial charge in [0.15, 0.2) is 5.65 Å². The first-order chi connectivity index (χ1) is 9.97. The molecule has 108 valence electrons. The summed E-state index contributed by atoms with van der Waals surface area (Å²) in [7, 11) is -3.54. The average molecular weight is 478 g/mol. The van der Waals surface area contributed by atoms with E-state index in [1.165, 1.54) is 10.2 Å². The maximum atomic E-state index is 12.6. The lowest BCUT2D eigenvalue weighted by molar-refractivity contribution is 0.588. The van der Waals surface area contributed by atoms with Gasteiger partial charge in [0.05, 0.1) is 15.5 Å². The lowest BCUT2D eigenvalue weighted by Crippen LogP contribution is -2.14. The summed E-state index contributed by atoms with van der Waals surface area (Å²) in [6.45, 7) is 0. The Labute approximate surface area is 143 Å². The molecule has 0 aliphatic rings. The Morgan fingerprint density at radius 3 is 2.67 bits per heavy atom. The summed E-state index contributed by atoms with van der Waals surface area (Å²) in [5, 5.41) is 0. The van der Waals surface area contributed by atoms with Gasteiger partial charge < -0.3 is 0 Å². The van der Waals surface area contributed by atoms with Gasteiger partial charge in [0.2, 0.25) is 10.0 Å². The molecule has 3 rings (SSSR count). The third kappa shape index (κ3) is 2.97. The van der Waals surface area contributed by atoms with Crippen LogP contribution in [0.2, 0.25) is 0 Å². The van der Waals surface area contributed by atoms with Crippen LogP contribution in [0.3, 0.4) is 0 Å². The van der Waals surface area contributed by atoms with Gasteiger partial charge in [-0.05, 0) is 44.1 Å². The summed E-state index contributed by atoms with van der Waals surface area (Å²) in [5.74, 6) is -0.0779. The summed E-state index contributed by atoms with van der Waals surface area (Å²) in [5.41, 5.74) is 1.65. The van der Waals surface area contributed by atoms with Crippen LogP contribution in [0.15, 0.2) is 47.3 Å². The largest absolute Gasteiger partial charge is 0.244 e. The SMILES string of the molecule is O=S(=O)(Cc1ccccc1)n1cc(I)c2nc(Br)cnc21. The molecule has 3 aromatic rings. The van der Waals surface area contributed by atoms with Crippen LogP contribution in [-0.4, -0.2) is 22.4 Å². The Hall–Kier alpha value is -1.00. The Kier molecular flexibility index (Phi) is 4.02. The first-order valence-electron chi connectivity index (χ1n) is 5.93. The minimum absolute atomic E-state index is 0.0779. The standard InChI is InChI=1S/C13H9BrIN3O2S/c14-11-6-16-13-12(17-11)10(15)7-18(13)21(19,20)8-9-4-2-1-3-5-9/h1-7H,8H2. The molecule has 21 heavy (non-hydrogen) atoms. The maximum Gasteiger partial charge on any atom is 0.244 e. The Balaban J connectivity index is 2.11. The van der Waals surface area contributed by atoms with Crippen LogP contribution in [0.4, 0.5) is 0 Å². The van der Waals surface area contributed by atoms with Crippen LogP contribution in [0.5, 0.6) is 0 Å². The van der Waals surface area contributed by atoms with Gasteiger partial charge in [-0.25, -0.2) is 22.4 Å². The van der Waals surface area contributed by atoms with Gasteiger partial charge in [-0.15, -0.1) is 0 Å². The van der Waals surface area contributed by atoms with Gasteiger partial charge in [0, 0.05) is 6.20 Å². The van der Waals surface area contributed by atoms with Crippen LogP contribution in [-0.2, 0) is 15.8 Å². The number of rotatable bonds is 3. The summed E-state index contributed by atoms with van der Waals surface area (Å²) >= 11 is 5.30. The van der Waals surface area contributed by atoms with Crippen molar-refractivity contribution in [3.63, 3.8) is 0 Å². The first kappa shape index (κ1) is 14.9. The predicted molar refractivity (Wildman–Crippen MR) is 92.4 cm³/mol. The molecule has 0 aliphatic carbocycles. The molecule has 0 bridgehead atoms. The van der Waals surface area contributed by atoms with Gasteiger partial charge in [-0.1, -0.05) is 30.3 Å². The second-order valence-corrected chi connectivity index (χ2v) is 8.20. The molecule has 2 aromatic heterocycles. The zero-order valence-electron chi connectivity index (χ0n) is 10.6. The van der Waals surface area contributed by atoms with Crippen molar-refractivity contribution in [2.75, 3.05) is 0 Å². The van der Waals surface area contributed by atoms with Gasteiger partial charge in [0.1, 0.15) is 10.1 Å². The van der Waals surface area contributed by atoms with E-state index in [0.717, 1.165) is 9.13 Å². The molecular formula is C13H9BrIN3O2S. The minimum Gasteiger partial charge on any atom is -0.235 e. The lowest BCUT2D eigenvalue weighted by atomic mass is 10.2. The molecule has 2 heterocycles. The second kappa shape index (κ2) is 5.65. The molecule has 0 fully saturated rings. The highest BCUT2D eigenvalue weighted by atomic mass is 127. The van der Waals surface area contributed by atoms with Gasteiger partial charge in [-0.3, -0.25) is 0 Å². The second-order valence-electron chi connectivity index (χ2n) is 4.38. The zero-order valence-corrected chi connectivity index (χ0v) is 15.1. The van der Waals surface area contributed by atoms with Crippen molar-refractivity contribution in [2.24, 2.45) is 0 Å². The van der Waals surface area contributed by atoms with Crippen LogP contribution in [0, 0.1) is 3.57 Å². The monoisotopic (exact) mass is 477 g/mol. The molecule has 5 nitrogen and oxygen atoms in total. The normalized spacial score (nSPS) is 11.9. The molecule has 0 N–H and O–H groups in total. The van der Waals surface area contributed by atoms with Crippen LogP contribution in [0.25, 0.3) is 11.2 Å². The zero-order chi connectivity index (χ0) is 15.0. The summed E-state index contributed by atoms with van der Waals surface area (Å²) in [6, 6.07) is 9.07. The van der Waals surface area contributed by atoms with E-state index in [9.17, 15) is 8.42 Å². The predicted octanol–water partition coefficient (Wildman–Crippen LogP) is 3.18. The van der Waals surface area contributed by atoms with Crippen molar-refractivity contribution in [1.82, 2.24) is 13.9 Å². The first-order valence-corrected chi connectivity index (χ1v) is 9.42. The Bertz CT molecular complexity index is 910. The van der Waals surface area contributed by atoms with Crippen molar-refractivity contribution >= 4 is 59.7 Å². The fraction of sp³-hybridized carbons (Fsp3) is 0.0769. The van der Waals surface area contributed by atoms with Crippen molar-refractivity contribution in [3.05, 3.63) is 56.5 Å². The molecular weight excluding hydrogens is 469 g/mol. The van der Waals surface area contributed by atoms with E-state index in [-0.39, 0.29) is 5.75 Å². The van der Waals surface area contributed by atoms with Crippen molar-refractivity contribution in [3.8, 4) is 0 Å². The number of aromatic nitrogens is 3. The molecule has 0 unspecified atom stereocenters.